The van der Waals surface area contributed by atoms with Gasteiger partial charge in [0.05, 0.1) is 18.0 Å². The van der Waals surface area contributed by atoms with Crippen molar-refractivity contribution in [3.63, 3.8) is 0 Å². The van der Waals surface area contributed by atoms with Crippen LogP contribution in [0.2, 0.25) is 5.02 Å². The number of para-hydroxylation sites is 2. The van der Waals surface area contributed by atoms with Crippen molar-refractivity contribution in [2.45, 2.75) is 17.7 Å². The predicted molar refractivity (Wildman–Crippen MR) is 108 cm³/mol. The number of rotatable bonds is 8. The fourth-order valence-corrected chi connectivity index (χ4v) is 4.43. The van der Waals surface area contributed by atoms with Crippen LogP contribution in [0.15, 0.2) is 47.4 Å². The smallest absolute Gasteiger partial charge is 0.265 e. The first-order chi connectivity index (χ1) is 13.4. The van der Waals surface area contributed by atoms with E-state index < -0.39 is 10.0 Å². The molecule has 0 aromatic heterocycles. The number of nitrogens with one attached hydrogen (secondary N) is 1. The van der Waals surface area contributed by atoms with Crippen LogP contribution in [0.4, 0.5) is 11.4 Å². The molecule has 1 saturated heterocycles. The zero-order chi connectivity index (χ0) is 20.1. The Bertz CT molecular complexity index is 965. The summed E-state index contributed by atoms with van der Waals surface area (Å²) in [5.74, 6) is 0.140. The lowest BCUT2D eigenvalue weighted by atomic mass is 10.2. The zero-order valence-electron chi connectivity index (χ0n) is 15.4. The monoisotopic (exact) mass is 424 g/mol. The largest absolute Gasteiger partial charge is 0.490 e. The van der Waals surface area contributed by atoms with E-state index in [1.165, 1.54) is 19.2 Å². The Labute approximate surface area is 169 Å². The van der Waals surface area contributed by atoms with Crippen LogP contribution in [-0.4, -0.2) is 41.2 Å². The van der Waals surface area contributed by atoms with Gasteiger partial charge in [-0.25, -0.2) is 8.42 Å². The zero-order valence-corrected chi connectivity index (χ0v) is 16.9. The highest BCUT2D eigenvalue weighted by Crippen LogP contribution is 2.33. The van der Waals surface area contributed by atoms with Gasteiger partial charge in [0, 0.05) is 25.1 Å². The molecule has 2 aromatic rings. The number of hydrogen-bond donors (Lipinski definition) is 1. The molecule has 3 rings (SSSR count). The third kappa shape index (κ3) is 4.57. The van der Waals surface area contributed by atoms with Gasteiger partial charge in [0.2, 0.25) is 5.91 Å². The van der Waals surface area contributed by atoms with E-state index in [2.05, 4.69) is 4.72 Å². The maximum Gasteiger partial charge on any atom is 0.265 e. The first-order valence-corrected chi connectivity index (χ1v) is 10.6. The number of nitrogens with zero attached hydrogens (tertiary/aromatic N) is 1. The second kappa shape index (κ2) is 8.81. The van der Waals surface area contributed by atoms with Gasteiger partial charge < -0.3 is 14.4 Å². The first kappa shape index (κ1) is 20.4. The topological polar surface area (TPSA) is 84.9 Å². The molecule has 0 unspecified atom stereocenters. The average Bonchev–Trinajstić information content (AvgIpc) is 3.09. The van der Waals surface area contributed by atoms with E-state index in [1.807, 2.05) is 0 Å². The number of carbonyl (C=O) groups excluding carboxylic acids is 1. The third-order valence-corrected chi connectivity index (χ3v) is 5.87. The van der Waals surface area contributed by atoms with Gasteiger partial charge in [-0.3, -0.25) is 9.52 Å². The van der Waals surface area contributed by atoms with Gasteiger partial charge in [-0.05, 0) is 36.8 Å². The minimum atomic E-state index is -4.01. The number of hydrogen-bond acceptors (Lipinski definition) is 5. The summed E-state index contributed by atoms with van der Waals surface area (Å²) in [4.78, 5) is 13.6. The van der Waals surface area contributed by atoms with Crippen LogP contribution in [0.25, 0.3) is 0 Å². The van der Waals surface area contributed by atoms with E-state index in [0.29, 0.717) is 30.9 Å². The SMILES string of the molecule is COCCOc1ccc(Cl)cc1S(=O)(=O)Nc1ccccc1N1CCCC1=O. The predicted octanol–water partition coefficient (Wildman–Crippen LogP) is 3.29. The number of amides is 1. The molecule has 7 nitrogen and oxygen atoms in total. The summed E-state index contributed by atoms with van der Waals surface area (Å²) in [6, 6.07) is 11.2. The second-order valence-electron chi connectivity index (χ2n) is 6.20. The molecule has 0 radical (unpaired) electrons. The molecule has 1 N–H and O–H groups in total. The molecule has 1 aliphatic heterocycles. The van der Waals surface area contributed by atoms with Crippen LogP contribution in [0.3, 0.4) is 0 Å². The lowest BCUT2D eigenvalue weighted by Crippen LogP contribution is -2.25. The quantitative estimate of drug-likeness (QED) is 0.657. The Hall–Kier alpha value is -2.29. The lowest BCUT2D eigenvalue weighted by molar-refractivity contribution is -0.117. The van der Waals surface area contributed by atoms with Crippen molar-refractivity contribution >= 4 is 38.9 Å². The number of methoxy groups -OCH3 is 1. The number of ether oxygens (including phenoxy) is 2. The molecule has 2 aromatic carbocycles. The van der Waals surface area contributed by atoms with E-state index >= 15 is 0 Å². The second-order valence-corrected chi connectivity index (χ2v) is 8.29. The molecule has 0 spiro atoms. The van der Waals surface area contributed by atoms with Gasteiger partial charge in [-0.15, -0.1) is 0 Å². The molecular formula is C19H21ClN2O5S. The van der Waals surface area contributed by atoms with Gasteiger partial charge in [-0.1, -0.05) is 23.7 Å². The van der Waals surface area contributed by atoms with Crippen molar-refractivity contribution in [2.75, 3.05) is 36.5 Å². The summed E-state index contributed by atoms with van der Waals surface area (Å²) < 4.78 is 39.2. The Morgan fingerprint density at radius 1 is 1.18 bits per heavy atom. The first-order valence-electron chi connectivity index (χ1n) is 8.76. The number of carbonyl (C=O) groups is 1. The molecule has 0 atom stereocenters. The molecular weight excluding hydrogens is 404 g/mol. The molecule has 0 aliphatic carbocycles. The molecule has 9 heteroatoms. The Balaban J connectivity index is 1.93. The fraction of sp³-hybridized carbons (Fsp3) is 0.316. The molecule has 150 valence electrons. The minimum absolute atomic E-state index is 0.0296. The molecule has 0 bridgehead atoms. The highest BCUT2D eigenvalue weighted by atomic mass is 35.5. The van der Waals surface area contributed by atoms with Gasteiger partial charge in [-0.2, -0.15) is 0 Å². The van der Waals surface area contributed by atoms with Gasteiger partial charge >= 0.3 is 0 Å². The number of anilines is 2. The van der Waals surface area contributed by atoms with Gasteiger partial charge in [0.15, 0.2) is 0 Å². The molecule has 1 aliphatic rings. The number of benzene rings is 2. The van der Waals surface area contributed by atoms with Crippen LogP contribution < -0.4 is 14.4 Å². The third-order valence-electron chi connectivity index (χ3n) is 4.25. The van der Waals surface area contributed by atoms with E-state index in [-0.39, 0.29) is 28.2 Å². The van der Waals surface area contributed by atoms with Crippen molar-refractivity contribution in [1.82, 2.24) is 0 Å². The van der Waals surface area contributed by atoms with Gasteiger partial charge in [0.25, 0.3) is 10.0 Å². The van der Waals surface area contributed by atoms with Crippen molar-refractivity contribution in [3.8, 4) is 5.75 Å². The normalized spacial score (nSPS) is 14.4. The molecule has 1 fully saturated rings. The highest BCUT2D eigenvalue weighted by molar-refractivity contribution is 7.92. The Morgan fingerprint density at radius 3 is 2.68 bits per heavy atom. The van der Waals surface area contributed by atoms with Gasteiger partial charge in [0.1, 0.15) is 17.3 Å². The summed E-state index contributed by atoms with van der Waals surface area (Å²) in [7, 11) is -2.48. The summed E-state index contributed by atoms with van der Waals surface area (Å²) in [6.07, 6.45) is 1.19. The number of sulfonamides is 1. The van der Waals surface area contributed by atoms with Crippen molar-refractivity contribution in [2.24, 2.45) is 0 Å². The van der Waals surface area contributed by atoms with E-state index in [9.17, 15) is 13.2 Å². The molecule has 1 amide bonds. The van der Waals surface area contributed by atoms with Crippen molar-refractivity contribution in [1.29, 1.82) is 0 Å². The summed E-state index contributed by atoms with van der Waals surface area (Å²) in [5.41, 5.74) is 0.845. The van der Waals surface area contributed by atoms with E-state index in [1.54, 1.807) is 35.2 Å². The van der Waals surface area contributed by atoms with E-state index in [0.717, 1.165) is 6.42 Å². The van der Waals surface area contributed by atoms with Crippen LogP contribution >= 0.6 is 11.6 Å². The van der Waals surface area contributed by atoms with Crippen LogP contribution in [0.1, 0.15) is 12.8 Å². The van der Waals surface area contributed by atoms with Crippen molar-refractivity contribution in [3.05, 3.63) is 47.5 Å². The minimum Gasteiger partial charge on any atom is -0.490 e. The van der Waals surface area contributed by atoms with Crippen LogP contribution in [0.5, 0.6) is 5.75 Å². The summed E-state index contributed by atoms with van der Waals surface area (Å²) in [5, 5.41) is 0.266. The standard InChI is InChI=1S/C19H21ClN2O5S/c1-26-11-12-27-17-9-8-14(20)13-18(17)28(24,25)21-15-5-2-3-6-16(15)22-10-4-7-19(22)23/h2-3,5-6,8-9,13,21H,4,7,10-12H2,1H3. The molecule has 1 heterocycles. The summed E-state index contributed by atoms with van der Waals surface area (Å²) >= 11 is 6.02. The number of halogens is 1. The maximum absolute atomic E-state index is 13.1. The highest BCUT2D eigenvalue weighted by Gasteiger charge is 2.27. The molecule has 28 heavy (non-hydrogen) atoms. The average molecular weight is 425 g/mol. The maximum atomic E-state index is 13.1. The Morgan fingerprint density at radius 2 is 1.96 bits per heavy atom. The lowest BCUT2D eigenvalue weighted by Gasteiger charge is -2.21. The fourth-order valence-electron chi connectivity index (χ4n) is 2.94. The van der Waals surface area contributed by atoms with E-state index in [4.69, 9.17) is 21.1 Å². The molecule has 0 saturated carbocycles. The summed E-state index contributed by atoms with van der Waals surface area (Å²) in [6.45, 7) is 1.06. The van der Waals surface area contributed by atoms with Crippen LogP contribution in [-0.2, 0) is 19.6 Å². The van der Waals surface area contributed by atoms with Crippen LogP contribution in [0, 0.1) is 0 Å². The Kier molecular flexibility index (Phi) is 6.43. The van der Waals surface area contributed by atoms with Crippen molar-refractivity contribution < 1.29 is 22.7 Å².